The standard InChI is InChI=1S/C24H28N4O3/c1-16-7-4-5-8-22(16)31-14-6-9-23(29)25-12-13-26-24(30)19-10-11-20-21(15-19)28-18(3)17(2)27-20/h4-5,7-8,10-11,15H,6,9,12-14H2,1-3H3,(H,25,29)(H,26,30). The van der Waals surface area contributed by atoms with E-state index in [0.717, 1.165) is 28.2 Å². The molecule has 0 atom stereocenters. The molecule has 2 amide bonds. The van der Waals surface area contributed by atoms with E-state index in [-0.39, 0.29) is 11.8 Å². The molecule has 0 aliphatic carbocycles. The number of rotatable bonds is 9. The van der Waals surface area contributed by atoms with Gasteiger partial charge in [-0.25, -0.2) is 9.97 Å². The zero-order valence-electron chi connectivity index (χ0n) is 18.2. The van der Waals surface area contributed by atoms with Crippen LogP contribution >= 0.6 is 0 Å². The number of hydrogen-bond acceptors (Lipinski definition) is 5. The molecule has 0 aliphatic heterocycles. The minimum atomic E-state index is -0.206. The van der Waals surface area contributed by atoms with E-state index in [9.17, 15) is 9.59 Å². The molecule has 2 N–H and O–H groups in total. The first-order chi connectivity index (χ1) is 14.9. The lowest BCUT2D eigenvalue weighted by molar-refractivity contribution is -0.121. The molecule has 162 valence electrons. The smallest absolute Gasteiger partial charge is 0.251 e. The summed E-state index contributed by atoms with van der Waals surface area (Å²) in [6, 6.07) is 13.1. The van der Waals surface area contributed by atoms with Crippen molar-refractivity contribution in [2.45, 2.75) is 33.6 Å². The fraction of sp³-hybridized carbons (Fsp3) is 0.333. The molecule has 3 aromatic rings. The molecule has 0 fully saturated rings. The second kappa shape index (κ2) is 10.5. The van der Waals surface area contributed by atoms with Gasteiger partial charge >= 0.3 is 0 Å². The third-order valence-electron chi connectivity index (χ3n) is 4.97. The molecule has 3 rings (SSSR count). The lowest BCUT2D eigenvalue weighted by Crippen LogP contribution is -2.34. The van der Waals surface area contributed by atoms with Crippen molar-refractivity contribution in [3.63, 3.8) is 0 Å². The molecule has 2 aromatic carbocycles. The maximum Gasteiger partial charge on any atom is 0.251 e. The Morgan fingerprint density at radius 1 is 0.903 bits per heavy atom. The fourth-order valence-electron chi connectivity index (χ4n) is 3.07. The Kier molecular flexibility index (Phi) is 7.54. The molecule has 0 bridgehead atoms. The summed E-state index contributed by atoms with van der Waals surface area (Å²) >= 11 is 0. The van der Waals surface area contributed by atoms with Gasteiger partial charge in [-0.2, -0.15) is 0 Å². The van der Waals surface area contributed by atoms with Crippen LogP contribution in [0.4, 0.5) is 0 Å². The second-order valence-corrected chi connectivity index (χ2v) is 7.42. The van der Waals surface area contributed by atoms with E-state index in [1.54, 1.807) is 18.2 Å². The fourth-order valence-corrected chi connectivity index (χ4v) is 3.07. The number of benzene rings is 2. The van der Waals surface area contributed by atoms with Crippen molar-refractivity contribution in [1.82, 2.24) is 20.6 Å². The quantitative estimate of drug-likeness (QED) is 0.518. The molecule has 1 heterocycles. The summed E-state index contributed by atoms with van der Waals surface area (Å²) in [5, 5.41) is 5.62. The van der Waals surface area contributed by atoms with Crippen molar-refractivity contribution in [2.75, 3.05) is 19.7 Å². The van der Waals surface area contributed by atoms with Crippen LogP contribution in [0, 0.1) is 20.8 Å². The van der Waals surface area contributed by atoms with Crippen LogP contribution in [0.1, 0.15) is 40.2 Å². The maximum absolute atomic E-state index is 12.4. The molecule has 7 heteroatoms. The molecule has 1 aromatic heterocycles. The minimum absolute atomic E-state index is 0.0607. The molecule has 31 heavy (non-hydrogen) atoms. The van der Waals surface area contributed by atoms with Crippen molar-refractivity contribution in [2.24, 2.45) is 0 Å². The first-order valence-corrected chi connectivity index (χ1v) is 10.4. The van der Waals surface area contributed by atoms with Gasteiger partial charge in [0.2, 0.25) is 5.91 Å². The number of amides is 2. The van der Waals surface area contributed by atoms with E-state index in [4.69, 9.17) is 4.74 Å². The van der Waals surface area contributed by atoms with Crippen LogP contribution in [0.15, 0.2) is 42.5 Å². The molecule has 7 nitrogen and oxygen atoms in total. The summed E-state index contributed by atoms with van der Waals surface area (Å²) in [6.07, 6.45) is 1.01. The second-order valence-electron chi connectivity index (χ2n) is 7.42. The van der Waals surface area contributed by atoms with Gasteiger partial charge in [0.05, 0.1) is 29.0 Å². The zero-order chi connectivity index (χ0) is 22.2. The van der Waals surface area contributed by atoms with E-state index < -0.39 is 0 Å². The normalized spacial score (nSPS) is 10.7. The van der Waals surface area contributed by atoms with Crippen LogP contribution in [0.3, 0.4) is 0 Å². The number of para-hydroxylation sites is 1. The number of carbonyl (C=O) groups is 2. The molecule has 0 saturated carbocycles. The van der Waals surface area contributed by atoms with Crippen LogP contribution in [-0.4, -0.2) is 41.5 Å². The number of nitrogens with zero attached hydrogens (tertiary/aromatic N) is 2. The molecule has 0 unspecified atom stereocenters. The van der Waals surface area contributed by atoms with Crippen molar-refractivity contribution in [1.29, 1.82) is 0 Å². The Bertz CT molecular complexity index is 1080. The first kappa shape index (κ1) is 22.2. The number of nitrogens with one attached hydrogen (secondary N) is 2. The van der Waals surface area contributed by atoms with E-state index in [0.29, 0.717) is 43.6 Å². The van der Waals surface area contributed by atoms with E-state index in [2.05, 4.69) is 20.6 Å². The number of aryl methyl sites for hydroxylation is 3. The van der Waals surface area contributed by atoms with Crippen LogP contribution in [0.25, 0.3) is 11.0 Å². The van der Waals surface area contributed by atoms with Gasteiger partial charge in [0, 0.05) is 25.1 Å². The largest absolute Gasteiger partial charge is 0.493 e. The Hall–Kier alpha value is -3.48. The lowest BCUT2D eigenvalue weighted by Gasteiger charge is -2.10. The Morgan fingerprint density at radius 2 is 1.61 bits per heavy atom. The van der Waals surface area contributed by atoms with Crippen LogP contribution < -0.4 is 15.4 Å². The predicted octanol–water partition coefficient (Wildman–Crippen LogP) is 3.26. The van der Waals surface area contributed by atoms with Crippen LogP contribution in [0.5, 0.6) is 5.75 Å². The molecular weight excluding hydrogens is 392 g/mol. The van der Waals surface area contributed by atoms with Crippen molar-refractivity contribution in [3.05, 3.63) is 65.0 Å². The Labute approximate surface area is 182 Å². The Balaban J connectivity index is 1.36. The van der Waals surface area contributed by atoms with E-state index in [1.807, 2.05) is 45.0 Å². The van der Waals surface area contributed by atoms with E-state index in [1.165, 1.54) is 0 Å². The number of fused-ring (bicyclic) bond motifs is 1. The minimum Gasteiger partial charge on any atom is -0.493 e. The van der Waals surface area contributed by atoms with Crippen molar-refractivity contribution >= 4 is 22.8 Å². The summed E-state index contributed by atoms with van der Waals surface area (Å²) in [6.45, 7) is 7.00. The number of carbonyl (C=O) groups excluding carboxylic acids is 2. The van der Waals surface area contributed by atoms with E-state index >= 15 is 0 Å². The van der Waals surface area contributed by atoms with Gasteiger partial charge in [0.25, 0.3) is 5.91 Å². The third-order valence-corrected chi connectivity index (χ3v) is 4.97. The van der Waals surface area contributed by atoms with Crippen LogP contribution in [0.2, 0.25) is 0 Å². The van der Waals surface area contributed by atoms with Crippen LogP contribution in [-0.2, 0) is 4.79 Å². The predicted molar refractivity (Wildman–Crippen MR) is 120 cm³/mol. The highest BCUT2D eigenvalue weighted by Crippen LogP contribution is 2.16. The van der Waals surface area contributed by atoms with Gasteiger partial charge < -0.3 is 15.4 Å². The number of ether oxygens (including phenoxy) is 1. The monoisotopic (exact) mass is 420 g/mol. The summed E-state index contributed by atoms with van der Waals surface area (Å²) in [7, 11) is 0. The summed E-state index contributed by atoms with van der Waals surface area (Å²) in [5.74, 6) is 0.577. The third kappa shape index (κ3) is 6.25. The summed E-state index contributed by atoms with van der Waals surface area (Å²) < 4.78 is 5.69. The Morgan fingerprint density at radius 3 is 2.39 bits per heavy atom. The molecule has 0 aliphatic rings. The van der Waals surface area contributed by atoms with Gasteiger partial charge in [-0.15, -0.1) is 0 Å². The topological polar surface area (TPSA) is 93.2 Å². The highest BCUT2D eigenvalue weighted by Gasteiger charge is 2.09. The maximum atomic E-state index is 12.4. The van der Waals surface area contributed by atoms with Gasteiger partial charge in [0.15, 0.2) is 0 Å². The van der Waals surface area contributed by atoms with Gasteiger partial charge in [-0.1, -0.05) is 18.2 Å². The highest BCUT2D eigenvalue weighted by molar-refractivity contribution is 5.97. The molecule has 0 radical (unpaired) electrons. The highest BCUT2D eigenvalue weighted by atomic mass is 16.5. The summed E-state index contributed by atoms with van der Waals surface area (Å²) in [4.78, 5) is 33.3. The molecular formula is C24H28N4O3. The zero-order valence-corrected chi connectivity index (χ0v) is 18.2. The first-order valence-electron chi connectivity index (χ1n) is 10.4. The average molecular weight is 421 g/mol. The van der Waals surface area contributed by atoms with Crippen molar-refractivity contribution in [3.8, 4) is 5.75 Å². The molecule has 0 saturated heterocycles. The van der Waals surface area contributed by atoms with Gasteiger partial charge in [-0.3, -0.25) is 9.59 Å². The molecule has 0 spiro atoms. The SMILES string of the molecule is Cc1ccccc1OCCCC(=O)NCCNC(=O)c1ccc2nc(C)c(C)nc2c1. The van der Waals surface area contributed by atoms with Crippen molar-refractivity contribution < 1.29 is 14.3 Å². The lowest BCUT2D eigenvalue weighted by atomic mass is 10.1. The average Bonchev–Trinajstić information content (AvgIpc) is 2.75. The number of hydrogen-bond donors (Lipinski definition) is 2. The van der Waals surface area contributed by atoms with Gasteiger partial charge in [-0.05, 0) is 57.0 Å². The summed E-state index contributed by atoms with van der Waals surface area (Å²) in [5.41, 5.74) is 4.77. The van der Waals surface area contributed by atoms with Gasteiger partial charge in [0.1, 0.15) is 5.75 Å². The number of aromatic nitrogens is 2.